The summed E-state index contributed by atoms with van der Waals surface area (Å²) in [6.45, 7) is 4.58. The number of aryl methyl sites for hydroxylation is 2. The number of amides is 2. The predicted octanol–water partition coefficient (Wildman–Crippen LogP) is 4.32. The molecule has 2 aromatic carbocycles. The van der Waals surface area contributed by atoms with Gasteiger partial charge in [-0.1, -0.05) is 41.4 Å². The van der Waals surface area contributed by atoms with Crippen LogP contribution in [0.5, 0.6) is 0 Å². The van der Waals surface area contributed by atoms with Gasteiger partial charge in [0, 0.05) is 17.3 Å². The van der Waals surface area contributed by atoms with E-state index in [1.807, 2.05) is 56.3 Å². The second-order valence-electron chi connectivity index (χ2n) is 5.08. The number of rotatable bonds is 4. The summed E-state index contributed by atoms with van der Waals surface area (Å²) in [6.07, 6.45) is 0.751. The van der Waals surface area contributed by atoms with Crippen LogP contribution in [-0.4, -0.2) is 12.6 Å². The van der Waals surface area contributed by atoms with Crippen molar-refractivity contribution in [3.8, 4) is 0 Å². The molecule has 0 fully saturated rings. The van der Waals surface area contributed by atoms with E-state index in [4.69, 9.17) is 11.6 Å². The van der Waals surface area contributed by atoms with Crippen LogP contribution in [0, 0.1) is 13.8 Å². The number of halogens is 1. The van der Waals surface area contributed by atoms with Gasteiger partial charge in [-0.3, -0.25) is 0 Å². The molecule has 0 saturated heterocycles. The van der Waals surface area contributed by atoms with Gasteiger partial charge in [0.15, 0.2) is 0 Å². The van der Waals surface area contributed by atoms with E-state index in [0.717, 1.165) is 23.2 Å². The molecular weight excluding hydrogens is 284 g/mol. The molecule has 0 bridgehead atoms. The van der Waals surface area contributed by atoms with Crippen molar-refractivity contribution in [1.29, 1.82) is 0 Å². The van der Waals surface area contributed by atoms with Crippen molar-refractivity contribution in [2.45, 2.75) is 20.3 Å². The Morgan fingerprint density at radius 1 is 1.14 bits per heavy atom. The van der Waals surface area contributed by atoms with Gasteiger partial charge in [-0.15, -0.1) is 0 Å². The lowest BCUT2D eigenvalue weighted by Crippen LogP contribution is -2.30. The van der Waals surface area contributed by atoms with Crippen LogP contribution in [0.1, 0.15) is 16.7 Å². The third kappa shape index (κ3) is 4.80. The van der Waals surface area contributed by atoms with E-state index in [1.54, 1.807) is 0 Å². The minimum Gasteiger partial charge on any atom is -0.338 e. The Morgan fingerprint density at radius 3 is 2.67 bits per heavy atom. The third-order valence-electron chi connectivity index (χ3n) is 3.22. The van der Waals surface area contributed by atoms with Gasteiger partial charge in [0.25, 0.3) is 0 Å². The topological polar surface area (TPSA) is 41.1 Å². The fourth-order valence-electron chi connectivity index (χ4n) is 2.13. The second-order valence-corrected chi connectivity index (χ2v) is 5.52. The molecule has 0 atom stereocenters. The van der Waals surface area contributed by atoms with Crippen LogP contribution in [0.4, 0.5) is 10.5 Å². The highest BCUT2D eigenvalue weighted by atomic mass is 35.5. The summed E-state index contributed by atoms with van der Waals surface area (Å²) in [7, 11) is 0. The molecule has 2 aromatic rings. The molecule has 2 N–H and O–H groups in total. The van der Waals surface area contributed by atoms with E-state index in [9.17, 15) is 4.79 Å². The average Bonchev–Trinajstić information content (AvgIpc) is 2.42. The largest absolute Gasteiger partial charge is 0.338 e. The predicted molar refractivity (Wildman–Crippen MR) is 88.1 cm³/mol. The van der Waals surface area contributed by atoms with E-state index in [2.05, 4.69) is 10.6 Å². The van der Waals surface area contributed by atoms with Crippen LogP contribution in [0.3, 0.4) is 0 Å². The standard InChI is InChI=1S/C17H19ClN2O/c1-12-6-7-16(13(2)10-12)20-17(21)19-9-8-14-4-3-5-15(18)11-14/h3-7,10-11H,8-9H2,1-2H3,(H2,19,20,21). The monoisotopic (exact) mass is 302 g/mol. The van der Waals surface area contributed by atoms with Gasteiger partial charge < -0.3 is 10.6 Å². The van der Waals surface area contributed by atoms with E-state index in [0.29, 0.717) is 11.6 Å². The summed E-state index contributed by atoms with van der Waals surface area (Å²) in [5.41, 5.74) is 4.18. The van der Waals surface area contributed by atoms with Crippen molar-refractivity contribution in [2.24, 2.45) is 0 Å². The molecule has 0 saturated carbocycles. The Morgan fingerprint density at radius 2 is 1.95 bits per heavy atom. The lowest BCUT2D eigenvalue weighted by atomic mass is 10.1. The summed E-state index contributed by atoms with van der Waals surface area (Å²) < 4.78 is 0. The van der Waals surface area contributed by atoms with Crippen molar-refractivity contribution >= 4 is 23.3 Å². The maximum absolute atomic E-state index is 11.9. The summed E-state index contributed by atoms with van der Waals surface area (Å²) in [5.74, 6) is 0. The van der Waals surface area contributed by atoms with Crippen LogP contribution < -0.4 is 10.6 Å². The number of carbonyl (C=O) groups is 1. The van der Waals surface area contributed by atoms with Gasteiger partial charge in [-0.2, -0.15) is 0 Å². The molecule has 0 aliphatic rings. The van der Waals surface area contributed by atoms with Crippen LogP contribution in [0.15, 0.2) is 42.5 Å². The van der Waals surface area contributed by atoms with Crippen molar-refractivity contribution in [3.05, 3.63) is 64.2 Å². The molecule has 3 nitrogen and oxygen atoms in total. The zero-order valence-corrected chi connectivity index (χ0v) is 13.0. The molecule has 4 heteroatoms. The van der Waals surface area contributed by atoms with Gasteiger partial charge >= 0.3 is 6.03 Å². The second kappa shape index (κ2) is 7.14. The van der Waals surface area contributed by atoms with Gasteiger partial charge in [0.05, 0.1) is 0 Å². The highest BCUT2D eigenvalue weighted by molar-refractivity contribution is 6.30. The first-order chi connectivity index (χ1) is 10.0. The Hall–Kier alpha value is -2.00. The molecule has 0 spiro atoms. The number of carbonyl (C=O) groups excluding carboxylic acids is 1. The summed E-state index contributed by atoms with van der Waals surface area (Å²) in [6, 6.07) is 13.4. The number of benzene rings is 2. The van der Waals surface area contributed by atoms with E-state index in [1.165, 1.54) is 5.56 Å². The maximum Gasteiger partial charge on any atom is 0.319 e. The molecule has 0 unspecified atom stereocenters. The van der Waals surface area contributed by atoms with E-state index in [-0.39, 0.29) is 6.03 Å². The highest BCUT2D eigenvalue weighted by Crippen LogP contribution is 2.15. The smallest absolute Gasteiger partial charge is 0.319 e. The van der Waals surface area contributed by atoms with Crippen LogP contribution >= 0.6 is 11.6 Å². The van der Waals surface area contributed by atoms with Gasteiger partial charge in [-0.25, -0.2) is 4.79 Å². The fourth-order valence-corrected chi connectivity index (χ4v) is 2.35. The first-order valence-corrected chi connectivity index (χ1v) is 7.29. The quantitative estimate of drug-likeness (QED) is 0.867. The Balaban J connectivity index is 1.82. The van der Waals surface area contributed by atoms with Gasteiger partial charge in [0.2, 0.25) is 0 Å². The summed E-state index contributed by atoms with van der Waals surface area (Å²) >= 11 is 5.92. The number of hydrogen-bond acceptors (Lipinski definition) is 1. The Bertz CT molecular complexity index is 640. The van der Waals surface area contributed by atoms with Crippen LogP contribution in [-0.2, 0) is 6.42 Å². The fraction of sp³-hybridized carbons (Fsp3) is 0.235. The van der Waals surface area contributed by atoms with Gasteiger partial charge in [-0.05, 0) is 49.6 Å². The van der Waals surface area contributed by atoms with Crippen LogP contribution in [0.25, 0.3) is 0 Å². The Labute approximate surface area is 130 Å². The van der Waals surface area contributed by atoms with E-state index < -0.39 is 0 Å². The maximum atomic E-state index is 11.9. The number of urea groups is 1. The normalized spacial score (nSPS) is 10.2. The van der Waals surface area contributed by atoms with Gasteiger partial charge in [0.1, 0.15) is 0 Å². The molecule has 2 amide bonds. The van der Waals surface area contributed by atoms with Crippen molar-refractivity contribution in [1.82, 2.24) is 5.32 Å². The van der Waals surface area contributed by atoms with Crippen LogP contribution in [0.2, 0.25) is 5.02 Å². The number of anilines is 1. The molecule has 0 aliphatic carbocycles. The summed E-state index contributed by atoms with van der Waals surface area (Å²) in [5, 5.41) is 6.42. The third-order valence-corrected chi connectivity index (χ3v) is 3.45. The van der Waals surface area contributed by atoms with Crippen molar-refractivity contribution in [3.63, 3.8) is 0 Å². The molecule has 0 heterocycles. The molecule has 2 rings (SSSR count). The average molecular weight is 303 g/mol. The molecule has 21 heavy (non-hydrogen) atoms. The molecular formula is C17H19ClN2O. The minimum absolute atomic E-state index is 0.191. The lowest BCUT2D eigenvalue weighted by Gasteiger charge is -2.10. The first-order valence-electron chi connectivity index (χ1n) is 6.91. The molecule has 110 valence electrons. The number of hydrogen-bond donors (Lipinski definition) is 2. The zero-order chi connectivity index (χ0) is 15.2. The first kappa shape index (κ1) is 15.4. The Kier molecular flexibility index (Phi) is 5.23. The van der Waals surface area contributed by atoms with Crippen molar-refractivity contribution in [2.75, 3.05) is 11.9 Å². The zero-order valence-electron chi connectivity index (χ0n) is 12.2. The molecule has 0 aliphatic heterocycles. The van der Waals surface area contributed by atoms with Crippen molar-refractivity contribution < 1.29 is 4.79 Å². The summed E-state index contributed by atoms with van der Waals surface area (Å²) in [4.78, 5) is 11.9. The molecule has 0 radical (unpaired) electrons. The minimum atomic E-state index is -0.191. The van der Waals surface area contributed by atoms with E-state index >= 15 is 0 Å². The number of nitrogens with one attached hydrogen (secondary N) is 2. The SMILES string of the molecule is Cc1ccc(NC(=O)NCCc2cccc(Cl)c2)c(C)c1. The lowest BCUT2D eigenvalue weighted by molar-refractivity contribution is 0.252. The highest BCUT2D eigenvalue weighted by Gasteiger charge is 2.04. The molecule has 0 aromatic heterocycles.